The molecule has 1 rings (SSSR count). The normalized spacial score (nSPS) is 9.71. The number of nitroso groups, excluding NO2 is 1. The highest BCUT2D eigenvalue weighted by molar-refractivity contribution is 5.78. The number of hydrogen-bond donors (Lipinski definition) is 0. The Hall–Kier alpha value is -2.04. The Morgan fingerprint density at radius 3 is 2.41 bits per heavy atom. The Labute approximate surface area is 99.4 Å². The molecule has 2 amide bonds. The fraction of sp³-hybridized carbons (Fsp3) is 0.333. The Balaban J connectivity index is 2.58. The van der Waals surface area contributed by atoms with Gasteiger partial charge in [0.25, 0.3) is 5.91 Å². The van der Waals surface area contributed by atoms with Crippen LogP contribution in [0.2, 0.25) is 0 Å². The lowest BCUT2D eigenvalue weighted by Gasteiger charge is -2.20. The lowest BCUT2D eigenvalue weighted by atomic mass is 10.2. The summed E-state index contributed by atoms with van der Waals surface area (Å²) in [6, 6.07) is 9.45. The van der Waals surface area contributed by atoms with Gasteiger partial charge in [-0.05, 0) is 5.56 Å². The highest BCUT2D eigenvalue weighted by atomic mass is 16.3. The van der Waals surface area contributed by atoms with Gasteiger partial charge in [-0.1, -0.05) is 30.3 Å². The topological polar surface area (TPSA) is 66.8 Å². The summed E-state index contributed by atoms with van der Waals surface area (Å²) in [5.41, 5.74) is 0.981. The van der Waals surface area contributed by atoms with E-state index in [0.717, 1.165) is 5.56 Å². The molecule has 0 unspecified atom stereocenters. The van der Waals surface area contributed by atoms with Gasteiger partial charge < -0.3 is 4.90 Å². The molecule has 1 aromatic carbocycles. The van der Waals surface area contributed by atoms with Crippen molar-refractivity contribution in [3.05, 3.63) is 40.8 Å². The lowest BCUT2D eigenvalue weighted by molar-refractivity contribution is -0.130. The number of rotatable bonds is 5. The van der Waals surface area contributed by atoms with E-state index in [0.29, 0.717) is 6.54 Å². The molecule has 0 radical (unpaired) electrons. The molecule has 0 aromatic heterocycles. The van der Waals surface area contributed by atoms with Crippen LogP contribution in [0.1, 0.15) is 18.9 Å². The molecule has 0 aliphatic heterocycles. The summed E-state index contributed by atoms with van der Waals surface area (Å²) in [5, 5.41) is 2.30. The zero-order valence-corrected chi connectivity index (χ0v) is 9.63. The highest BCUT2D eigenvalue weighted by Crippen LogP contribution is 2.05. The number of nitrogens with zero attached hydrogens (tertiary/aromatic N) is 2. The molecule has 0 atom stereocenters. The van der Waals surface area contributed by atoms with E-state index in [1.165, 1.54) is 11.8 Å². The average molecular weight is 234 g/mol. The third-order valence-corrected chi connectivity index (χ3v) is 2.36. The summed E-state index contributed by atoms with van der Waals surface area (Å²) < 4.78 is 0. The number of benzene rings is 1. The molecule has 0 saturated heterocycles. The summed E-state index contributed by atoms with van der Waals surface area (Å²) in [5.74, 6) is -0.864. The molecule has 5 heteroatoms. The van der Waals surface area contributed by atoms with Crippen molar-refractivity contribution in [3.63, 3.8) is 0 Å². The van der Waals surface area contributed by atoms with Gasteiger partial charge in [0.15, 0.2) is 0 Å². The first kappa shape index (κ1) is 13.0. The van der Waals surface area contributed by atoms with Crippen molar-refractivity contribution in [2.75, 3.05) is 6.54 Å². The van der Waals surface area contributed by atoms with Gasteiger partial charge in [-0.2, -0.15) is 0 Å². The molecule has 17 heavy (non-hydrogen) atoms. The second kappa shape index (κ2) is 6.52. The predicted octanol–water partition coefficient (Wildman–Crippen LogP) is 1.72. The fourth-order valence-electron chi connectivity index (χ4n) is 1.43. The van der Waals surface area contributed by atoms with Crippen molar-refractivity contribution in [2.24, 2.45) is 5.18 Å². The van der Waals surface area contributed by atoms with Crippen molar-refractivity contribution in [2.45, 2.75) is 19.9 Å². The first-order valence-corrected chi connectivity index (χ1v) is 5.29. The summed E-state index contributed by atoms with van der Waals surface area (Å²) in [4.78, 5) is 33.6. The van der Waals surface area contributed by atoms with Crippen LogP contribution < -0.4 is 0 Å². The van der Waals surface area contributed by atoms with Crippen molar-refractivity contribution < 1.29 is 9.59 Å². The van der Waals surface area contributed by atoms with Gasteiger partial charge in [0.1, 0.15) is 0 Å². The molecule has 5 nitrogen and oxygen atoms in total. The second-order valence-corrected chi connectivity index (χ2v) is 3.66. The molecular formula is C12H14N2O3. The smallest absolute Gasteiger partial charge is 0.288 e. The molecule has 1 aromatic rings. The highest BCUT2D eigenvalue weighted by Gasteiger charge is 2.11. The SMILES string of the molecule is CC(=O)N(CCC(=O)N=O)Cc1ccccc1. The van der Waals surface area contributed by atoms with Crippen LogP contribution in [0, 0.1) is 4.91 Å². The Bertz CT molecular complexity index is 403. The minimum atomic E-state index is -0.732. The summed E-state index contributed by atoms with van der Waals surface area (Å²) in [7, 11) is 0. The fourth-order valence-corrected chi connectivity index (χ4v) is 1.43. The number of amides is 2. The molecule has 0 aliphatic carbocycles. The Morgan fingerprint density at radius 1 is 1.24 bits per heavy atom. The standard InChI is InChI=1S/C12H14N2O3/c1-10(15)14(8-7-12(16)13-17)9-11-5-3-2-4-6-11/h2-6H,7-9H2,1H3. The maximum Gasteiger partial charge on any atom is 0.288 e. The monoisotopic (exact) mass is 234 g/mol. The van der Waals surface area contributed by atoms with Crippen molar-refractivity contribution >= 4 is 11.8 Å². The lowest BCUT2D eigenvalue weighted by Crippen LogP contribution is -2.30. The largest absolute Gasteiger partial charge is 0.338 e. The molecule has 0 fully saturated rings. The van der Waals surface area contributed by atoms with Crippen LogP contribution in [0.15, 0.2) is 35.5 Å². The van der Waals surface area contributed by atoms with Crippen LogP contribution >= 0.6 is 0 Å². The third-order valence-electron chi connectivity index (χ3n) is 2.36. The van der Waals surface area contributed by atoms with Gasteiger partial charge in [-0.3, -0.25) is 9.59 Å². The van der Waals surface area contributed by atoms with Gasteiger partial charge >= 0.3 is 0 Å². The summed E-state index contributed by atoms with van der Waals surface area (Å²) in [6.45, 7) is 2.08. The first-order valence-electron chi connectivity index (χ1n) is 5.29. The van der Waals surface area contributed by atoms with E-state index in [1.54, 1.807) is 0 Å². The van der Waals surface area contributed by atoms with E-state index in [9.17, 15) is 14.5 Å². The first-order chi connectivity index (χ1) is 8.13. The molecular weight excluding hydrogens is 220 g/mol. The number of carbonyl (C=O) groups is 2. The molecule has 0 aliphatic rings. The zero-order valence-electron chi connectivity index (χ0n) is 9.63. The number of hydrogen-bond acceptors (Lipinski definition) is 3. The summed E-state index contributed by atoms with van der Waals surface area (Å²) >= 11 is 0. The third kappa shape index (κ3) is 4.55. The molecule has 0 heterocycles. The molecule has 0 bridgehead atoms. The van der Waals surface area contributed by atoms with E-state index >= 15 is 0 Å². The van der Waals surface area contributed by atoms with Gasteiger partial charge in [0.2, 0.25) is 5.91 Å². The maximum absolute atomic E-state index is 11.4. The van der Waals surface area contributed by atoms with Crippen LogP contribution in [-0.2, 0) is 16.1 Å². The zero-order chi connectivity index (χ0) is 12.7. The van der Waals surface area contributed by atoms with Gasteiger partial charge in [-0.15, -0.1) is 4.91 Å². The molecule has 90 valence electrons. The van der Waals surface area contributed by atoms with E-state index < -0.39 is 5.91 Å². The maximum atomic E-state index is 11.4. The van der Waals surface area contributed by atoms with Crippen LogP contribution in [0.3, 0.4) is 0 Å². The minimum absolute atomic E-state index is 0.0318. The van der Waals surface area contributed by atoms with Crippen molar-refractivity contribution in [3.8, 4) is 0 Å². The van der Waals surface area contributed by atoms with E-state index in [1.807, 2.05) is 30.3 Å². The van der Waals surface area contributed by atoms with Crippen molar-refractivity contribution in [1.82, 2.24) is 4.90 Å². The van der Waals surface area contributed by atoms with Gasteiger partial charge in [0.05, 0.1) is 0 Å². The molecule has 0 saturated carbocycles. The van der Waals surface area contributed by atoms with E-state index in [2.05, 4.69) is 5.18 Å². The molecule has 0 spiro atoms. The average Bonchev–Trinajstić information content (AvgIpc) is 2.34. The van der Waals surface area contributed by atoms with Crippen molar-refractivity contribution in [1.29, 1.82) is 0 Å². The van der Waals surface area contributed by atoms with Crippen LogP contribution in [0.4, 0.5) is 0 Å². The quantitative estimate of drug-likeness (QED) is 0.728. The van der Waals surface area contributed by atoms with Crippen LogP contribution in [0.25, 0.3) is 0 Å². The van der Waals surface area contributed by atoms with Gasteiger partial charge in [-0.25, -0.2) is 0 Å². The second-order valence-electron chi connectivity index (χ2n) is 3.66. The van der Waals surface area contributed by atoms with Crippen LogP contribution in [0.5, 0.6) is 0 Å². The van der Waals surface area contributed by atoms with Gasteiger partial charge in [0, 0.05) is 31.6 Å². The predicted molar refractivity (Wildman–Crippen MR) is 63.0 cm³/mol. The number of carbonyl (C=O) groups excluding carboxylic acids is 2. The van der Waals surface area contributed by atoms with E-state index in [4.69, 9.17) is 0 Å². The molecule has 0 N–H and O–H groups in total. The Kier molecular flexibility index (Phi) is 5.00. The van der Waals surface area contributed by atoms with Crippen LogP contribution in [-0.4, -0.2) is 23.3 Å². The summed E-state index contributed by atoms with van der Waals surface area (Å²) in [6.07, 6.45) is -0.0318. The minimum Gasteiger partial charge on any atom is -0.338 e. The Morgan fingerprint density at radius 2 is 1.88 bits per heavy atom. The van der Waals surface area contributed by atoms with E-state index in [-0.39, 0.29) is 18.9 Å².